The van der Waals surface area contributed by atoms with Gasteiger partial charge >= 0.3 is 0 Å². The summed E-state index contributed by atoms with van der Waals surface area (Å²) in [4.78, 5) is 14.1. The zero-order chi connectivity index (χ0) is 13.9. The lowest BCUT2D eigenvalue weighted by Gasteiger charge is -1.92. The van der Waals surface area contributed by atoms with Gasteiger partial charge in [-0.25, -0.2) is 9.97 Å². The molecule has 0 aliphatic rings. The van der Waals surface area contributed by atoms with Crippen LogP contribution >= 0.6 is 11.3 Å². The second-order valence-electron chi connectivity index (χ2n) is 4.31. The second kappa shape index (κ2) is 5.48. The van der Waals surface area contributed by atoms with E-state index >= 15 is 0 Å². The van der Waals surface area contributed by atoms with Gasteiger partial charge in [-0.2, -0.15) is 5.10 Å². The maximum Gasteiger partial charge on any atom is 0.183 e. The van der Waals surface area contributed by atoms with E-state index in [1.165, 1.54) is 0 Å². The molecule has 0 aliphatic carbocycles. The van der Waals surface area contributed by atoms with E-state index in [0.29, 0.717) is 12.4 Å². The van der Waals surface area contributed by atoms with Crippen molar-refractivity contribution in [3.63, 3.8) is 0 Å². The van der Waals surface area contributed by atoms with Crippen molar-refractivity contribution in [1.29, 1.82) is 0 Å². The first-order valence-corrected chi connectivity index (χ1v) is 7.09. The van der Waals surface area contributed by atoms with Gasteiger partial charge in [-0.05, 0) is 25.6 Å². The molecule has 0 unspecified atom stereocenters. The van der Waals surface area contributed by atoms with E-state index < -0.39 is 0 Å². The molecule has 0 aliphatic heterocycles. The van der Waals surface area contributed by atoms with Gasteiger partial charge in [-0.15, -0.1) is 11.3 Å². The van der Waals surface area contributed by atoms with Gasteiger partial charge in [0.2, 0.25) is 0 Å². The Bertz CT molecular complexity index is 703. The molecular formula is C13H14N6S. The molecule has 0 aromatic carbocycles. The summed E-state index contributed by atoms with van der Waals surface area (Å²) in [5, 5.41) is 8.23. The van der Waals surface area contributed by atoms with Gasteiger partial charge in [-0.1, -0.05) is 0 Å². The van der Waals surface area contributed by atoms with Crippen LogP contribution in [0.4, 0.5) is 0 Å². The SMILES string of the molecule is Cc1nc(CCN)sc1-c1nc(-c2cccnc2)n[nH]1. The third-order valence-electron chi connectivity index (χ3n) is 2.82. The lowest BCUT2D eigenvalue weighted by atomic mass is 10.3. The van der Waals surface area contributed by atoms with E-state index in [0.717, 1.165) is 33.4 Å². The normalized spacial score (nSPS) is 10.9. The van der Waals surface area contributed by atoms with Crippen LogP contribution in [0.3, 0.4) is 0 Å². The van der Waals surface area contributed by atoms with E-state index in [1.807, 2.05) is 19.1 Å². The summed E-state index contributed by atoms with van der Waals surface area (Å²) in [7, 11) is 0. The van der Waals surface area contributed by atoms with Crippen molar-refractivity contribution < 1.29 is 0 Å². The van der Waals surface area contributed by atoms with Crippen LogP contribution in [-0.4, -0.2) is 31.7 Å². The molecule has 3 aromatic heterocycles. The van der Waals surface area contributed by atoms with Crippen molar-refractivity contribution in [2.24, 2.45) is 5.73 Å². The van der Waals surface area contributed by atoms with Crippen LogP contribution in [0.15, 0.2) is 24.5 Å². The fraction of sp³-hybridized carbons (Fsp3) is 0.231. The number of thiazole rings is 1. The first kappa shape index (κ1) is 12.9. The number of aryl methyl sites for hydroxylation is 1. The summed E-state index contributed by atoms with van der Waals surface area (Å²) >= 11 is 1.61. The topological polar surface area (TPSA) is 93.4 Å². The van der Waals surface area contributed by atoms with Gasteiger partial charge in [0.1, 0.15) is 0 Å². The molecule has 6 nitrogen and oxygen atoms in total. The number of aromatic amines is 1. The minimum Gasteiger partial charge on any atom is -0.330 e. The Morgan fingerprint density at radius 1 is 1.35 bits per heavy atom. The third-order valence-corrected chi connectivity index (χ3v) is 4.04. The minimum atomic E-state index is 0.601. The Labute approximate surface area is 120 Å². The molecule has 0 radical (unpaired) electrons. The van der Waals surface area contributed by atoms with Gasteiger partial charge in [0.05, 0.1) is 15.6 Å². The summed E-state index contributed by atoms with van der Waals surface area (Å²) in [6, 6.07) is 3.79. The molecule has 0 bridgehead atoms. The Balaban J connectivity index is 1.94. The monoisotopic (exact) mass is 286 g/mol. The predicted molar refractivity (Wildman–Crippen MR) is 78.2 cm³/mol. The number of nitrogens with one attached hydrogen (secondary N) is 1. The largest absolute Gasteiger partial charge is 0.330 e. The lowest BCUT2D eigenvalue weighted by Crippen LogP contribution is -2.01. The average Bonchev–Trinajstić information content (AvgIpc) is 3.07. The molecule has 0 amide bonds. The summed E-state index contributed by atoms with van der Waals surface area (Å²) in [6.45, 7) is 2.57. The van der Waals surface area contributed by atoms with Crippen LogP contribution < -0.4 is 5.73 Å². The maximum absolute atomic E-state index is 5.56. The second-order valence-corrected chi connectivity index (χ2v) is 5.39. The summed E-state index contributed by atoms with van der Waals surface area (Å²) < 4.78 is 0. The van der Waals surface area contributed by atoms with Gasteiger partial charge in [-0.3, -0.25) is 10.1 Å². The highest BCUT2D eigenvalue weighted by atomic mass is 32.1. The number of hydrogen-bond donors (Lipinski definition) is 2. The standard InChI is InChI=1S/C13H14N6S/c1-8-11(20-10(16-8)4-5-14)13-17-12(18-19-13)9-3-2-6-15-7-9/h2-3,6-7H,4-5,14H2,1H3,(H,17,18,19). The van der Waals surface area contributed by atoms with Gasteiger partial charge in [0.15, 0.2) is 11.6 Å². The Morgan fingerprint density at radius 2 is 2.25 bits per heavy atom. The Hall–Kier alpha value is -2.12. The zero-order valence-electron chi connectivity index (χ0n) is 11.0. The van der Waals surface area contributed by atoms with Gasteiger partial charge in [0.25, 0.3) is 0 Å². The molecule has 0 saturated heterocycles. The smallest absolute Gasteiger partial charge is 0.183 e. The number of pyridine rings is 1. The molecule has 3 N–H and O–H groups in total. The summed E-state index contributed by atoms with van der Waals surface area (Å²) in [5.41, 5.74) is 7.40. The maximum atomic E-state index is 5.56. The van der Waals surface area contributed by atoms with Crippen LogP contribution in [0, 0.1) is 6.92 Å². The number of aromatic nitrogens is 5. The minimum absolute atomic E-state index is 0.601. The molecule has 20 heavy (non-hydrogen) atoms. The Kier molecular flexibility index (Phi) is 3.53. The average molecular weight is 286 g/mol. The van der Waals surface area contributed by atoms with Crippen molar-refractivity contribution in [3.8, 4) is 22.1 Å². The third kappa shape index (κ3) is 2.45. The summed E-state index contributed by atoms with van der Waals surface area (Å²) in [6.07, 6.45) is 4.25. The van der Waals surface area contributed by atoms with Crippen LogP contribution in [-0.2, 0) is 6.42 Å². The Morgan fingerprint density at radius 3 is 3.00 bits per heavy atom. The fourth-order valence-electron chi connectivity index (χ4n) is 1.89. The number of hydrogen-bond acceptors (Lipinski definition) is 6. The van der Waals surface area contributed by atoms with Gasteiger partial charge < -0.3 is 5.73 Å². The number of nitrogens with zero attached hydrogens (tertiary/aromatic N) is 4. The number of rotatable bonds is 4. The zero-order valence-corrected chi connectivity index (χ0v) is 11.8. The van der Waals surface area contributed by atoms with E-state index in [9.17, 15) is 0 Å². The van der Waals surface area contributed by atoms with Crippen LogP contribution in [0.5, 0.6) is 0 Å². The predicted octanol–water partition coefficient (Wildman–Crippen LogP) is 1.80. The van der Waals surface area contributed by atoms with E-state index in [-0.39, 0.29) is 0 Å². The quantitative estimate of drug-likeness (QED) is 0.762. The highest BCUT2D eigenvalue weighted by Gasteiger charge is 2.14. The van der Waals surface area contributed by atoms with E-state index in [1.54, 1.807) is 23.7 Å². The van der Waals surface area contributed by atoms with Crippen molar-refractivity contribution in [3.05, 3.63) is 35.2 Å². The highest BCUT2D eigenvalue weighted by Crippen LogP contribution is 2.28. The van der Waals surface area contributed by atoms with E-state index in [2.05, 4.69) is 25.1 Å². The lowest BCUT2D eigenvalue weighted by molar-refractivity contribution is 0.945. The number of nitrogens with two attached hydrogens (primary N) is 1. The van der Waals surface area contributed by atoms with Crippen LogP contribution in [0.1, 0.15) is 10.7 Å². The molecule has 3 heterocycles. The fourth-order valence-corrected chi connectivity index (χ4v) is 2.91. The molecule has 0 saturated carbocycles. The van der Waals surface area contributed by atoms with Crippen molar-refractivity contribution in [2.45, 2.75) is 13.3 Å². The van der Waals surface area contributed by atoms with E-state index in [4.69, 9.17) is 5.73 Å². The molecule has 102 valence electrons. The molecular weight excluding hydrogens is 272 g/mol. The van der Waals surface area contributed by atoms with Crippen LogP contribution in [0.25, 0.3) is 22.1 Å². The molecule has 7 heteroatoms. The van der Waals surface area contributed by atoms with Crippen molar-refractivity contribution in [2.75, 3.05) is 6.54 Å². The van der Waals surface area contributed by atoms with Gasteiger partial charge in [0, 0.05) is 24.4 Å². The highest BCUT2D eigenvalue weighted by molar-refractivity contribution is 7.15. The first-order chi connectivity index (χ1) is 9.78. The molecule has 0 fully saturated rings. The molecule has 3 rings (SSSR count). The van der Waals surface area contributed by atoms with Crippen molar-refractivity contribution in [1.82, 2.24) is 25.1 Å². The number of H-pyrrole nitrogens is 1. The van der Waals surface area contributed by atoms with Crippen molar-refractivity contribution >= 4 is 11.3 Å². The molecule has 0 spiro atoms. The molecule has 0 atom stereocenters. The summed E-state index contributed by atoms with van der Waals surface area (Å²) in [5.74, 6) is 1.38. The molecule has 3 aromatic rings. The van der Waals surface area contributed by atoms with Crippen LogP contribution in [0.2, 0.25) is 0 Å². The first-order valence-electron chi connectivity index (χ1n) is 6.27.